The lowest BCUT2D eigenvalue weighted by atomic mass is 9.51. The van der Waals surface area contributed by atoms with Gasteiger partial charge in [0.2, 0.25) is 23.6 Å². The van der Waals surface area contributed by atoms with E-state index in [9.17, 15) is 19.5 Å². The van der Waals surface area contributed by atoms with Gasteiger partial charge < -0.3 is 9.84 Å². The molecular formula is C40H37ClN4O6S. The smallest absolute Gasteiger partial charge is 0.242 e. The van der Waals surface area contributed by atoms with Gasteiger partial charge >= 0.3 is 0 Å². The monoisotopic (exact) mass is 736 g/mol. The number of carbonyl (C=O) groups excluding carboxylic acids is 4. The summed E-state index contributed by atoms with van der Waals surface area (Å²) in [5.41, 5.74) is 2.90. The van der Waals surface area contributed by atoms with Gasteiger partial charge in [0.15, 0.2) is 0 Å². The van der Waals surface area contributed by atoms with Gasteiger partial charge in [-0.25, -0.2) is 4.90 Å². The predicted molar refractivity (Wildman–Crippen MR) is 197 cm³/mol. The third-order valence-corrected chi connectivity index (χ3v) is 13.7. The fourth-order valence-electron chi connectivity index (χ4n) is 9.79. The predicted octanol–water partition coefficient (Wildman–Crippen LogP) is 6.96. The van der Waals surface area contributed by atoms with Crippen LogP contribution in [0.3, 0.4) is 0 Å². The number of anilines is 1. The SMILES string of the molecule is CCCN1C(=O)C2CC=C3C(CC4C(=O)N(c5cc(-c6sc7ccc(Cl)cc7c6C)nn5C)C(=O)C4(C)C3C3=COc4ccc(O)cc4C3)C2C1=O. The van der Waals surface area contributed by atoms with E-state index >= 15 is 4.79 Å². The average molecular weight is 737 g/mol. The van der Waals surface area contributed by atoms with Crippen molar-refractivity contribution < 1.29 is 29.0 Å². The minimum Gasteiger partial charge on any atom is -0.508 e. The Morgan fingerprint density at radius 1 is 1.06 bits per heavy atom. The van der Waals surface area contributed by atoms with Crippen LogP contribution in [0.5, 0.6) is 11.5 Å². The van der Waals surface area contributed by atoms with Gasteiger partial charge in [0, 0.05) is 47.3 Å². The Kier molecular flexibility index (Phi) is 7.41. The number of hydrogen-bond donors (Lipinski definition) is 1. The molecule has 266 valence electrons. The molecule has 3 aliphatic heterocycles. The first-order valence-electron chi connectivity index (χ1n) is 17.8. The number of benzene rings is 2. The number of halogens is 1. The largest absolute Gasteiger partial charge is 0.508 e. The zero-order chi connectivity index (χ0) is 36.4. The van der Waals surface area contributed by atoms with Crippen LogP contribution in [0.25, 0.3) is 20.7 Å². The number of imide groups is 2. The Labute approximate surface area is 309 Å². The van der Waals surface area contributed by atoms with Gasteiger partial charge in [-0.2, -0.15) is 5.10 Å². The zero-order valence-electron chi connectivity index (χ0n) is 29.2. The number of fused-ring (bicyclic) bond motifs is 6. The molecule has 6 unspecified atom stereocenters. The molecule has 0 radical (unpaired) electrons. The minimum atomic E-state index is -1.22. The van der Waals surface area contributed by atoms with Crippen molar-refractivity contribution in [2.45, 2.75) is 46.5 Å². The number of ether oxygens (including phenoxy) is 1. The van der Waals surface area contributed by atoms with Gasteiger partial charge in [0.05, 0.1) is 34.3 Å². The molecule has 2 saturated heterocycles. The second-order valence-corrected chi connectivity index (χ2v) is 16.5. The normalized spacial score (nSPS) is 28.1. The summed E-state index contributed by atoms with van der Waals surface area (Å²) in [5.74, 6) is -2.80. The van der Waals surface area contributed by atoms with Gasteiger partial charge in [-0.05, 0) is 91.9 Å². The third-order valence-electron chi connectivity index (χ3n) is 12.2. The first-order valence-corrected chi connectivity index (χ1v) is 19.0. The molecule has 6 atom stereocenters. The topological polar surface area (TPSA) is 122 Å². The molecule has 4 amide bonds. The lowest BCUT2D eigenvalue weighted by Crippen LogP contribution is -2.51. The summed E-state index contributed by atoms with van der Waals surface area (Å²) in [6.45, 7) is 6.19. The molecule has 52 heavy (non-hydrogen) atoms. The van der Waals surface area contributed by atoms with Crippen molar-refractivity contribution >= 4 is 62.5 Å². The highest BCUT2D eigenvalue weighted by atomic mass is 35.5. The van der Waals surface area contributed by atoms with Crippen LogP contribution in [0.1, 0.15) is 44.2 Å². The maximum Gasteiger partial charge on any atom is 0.242 e. The Bertz CT molecular complexity index is 2340. The van der Waals surface area contributed by atoms with Gasteiger partial charge in [-0.1, -0.05) is 30.2 Å². The highest BCUT2D eigenvalue weighted by molar-refractivity contribution is 7.22. The summed E-state index contributed by atoms with van der Waals surface area (Å²) in [7, 11) is 1.74. The van der Waals surface area contributed by atoms with Gasteiger partial charge in [-0.15, -0.1) is 11.3 Å². The van der Waals surface area contributed by atoms with E-state index in [0.29, 0.717) is 48.1 Å². The highest BCUT2D eigenvalue weighted by Gasteiger charge is 2.68. The fraction of sp³-hybridized carbons (Fsp3) is 0.375. The molecule has 5 heterocycles. The summed E-state index contributed by atoms with van der Waals surface area (Å²) in [6, 6.07) is 12.5. The Morgan fingerprint density at radius 3 is 2.65 bits per heavy atom. The Hall–Kier alpha value is -4.74. The van der Waals surface area contributed by atoms with Crippen LogP contribution >= 0.6 is 22.9 Å². The van der Waals surface area contributed by atoms with E-state index in [1.54, 1.807) is 53.6 Å². The molecule has 12 heteroatoms. The minimum absolute atomic E-state index is 0.0993. The first-order chi connectivity index (χ1) is 24.9. The molecule has 1 N–H and O–H groups in total. The molecule has 10 nitrogen and oxygen atoms in total. The van der Waals surface area contributed by atoms with Crippen molar-refractivity contribution in [1.29, 1.82) is 0 Å². The number of rotatable bonds is 5. The second kappa shape index (κ2) is 11.6. The number of allylic oxidation sites excluding steroid dienone is 3. The molecule has 2 aliphatic carbocycles. The molecule has 2 aromatic heterocycles. The number of amides is 4. The maximum atomic E-state index is 15.1. The van der Waals surface area contributed by atoms with Gasteiger partial charge in [0.1, 0.15) is 23.0 Å². The van der Waals surface area contributed by atoms with Crippen LogP contribution in [-0.4, -0.2) is 50.0 Å². The van der Waals surface area contributed by atoms with E-state index in [0.717, 1.165) is 37.2 Å². The summed E-state index contributed by atoms with van der Waals surface area (Å²) in [4.78, 5) is 61.1. The van der Waals surface area contributed by atoms with E-state index in [1.807, 2.05) is 39.0 Å². The molecule has 1 saturated carbocycles. The number of aryl methyl sites for hydroxylation is 2. The van der Waals surface area contributed by atoms with E-state index < -0.39 is 35.0 Å². The number of likely N-dealkylation sites (tertiary alicyclic amines) is 1. The number of thiophene rings is 1. The molecule has 0 bridgehead atoms. The zero-order valence-corrected chi connectivity index (χ0v) is 30.8. The highest BCUT2D eigenvalue weighted by Crippen LogP contribution is 2.63. The molecular weight excluding hydrogens is 700 g/mol. The molecule has 2 aromatic carbocycles. The van der Waals surface area contributed by atoms with E-state index in [2.05, 4.69) is 6.08 Å². The van der Waals surface area contributed by atoms with Crippen molar-refractivity contribution in [3.63, 3.8) is 0 Å². The quantitative estimate of drug-likeness (QED) is 0.174. The standard InChI is InChI=1S/C40H37ClN4O6S/c1-5-12-44-36(47)25-9-8-24-27(33(25)38(44)49)16-28-37(48)45(32-17-29(42-43(32)4)35-19(2)26-15-22(41)6-11-31(26)52-35)39(50)40(28,3)34(24)21-13-20-14-23(46)7-10-30(20)51-18-21/h6-8,10-11,14-15,17-18,25,27-28,33-34,46H,5,9,12-13,16H2,1-4H3. The van der Waals surface area contributed by atoms with Crippen LogP contribution in [0.2, 0.25) is 5.02 Å². The fourth-order valence-corrected chi connectivity index (χ4v) is 11.1. The van der Waals surface area contributed by atoms with Crippen molar-refractivity contribution in [1.82, 2.24) is 14.7 Å². The number of aromatic nitrogens is 2. The van der Waals surface area contributed by atoms with Crippen LogP contribution in [-0.2, 0) is 32.6 Å². The molecule has 9 rings (SSSR count). The van der Waals surface area contributed by atoms with Gasteiger partial charge in [0.25, 0.3) is 0 Å². The lowest BCUT2D eigenvalue weighted by molar-refractivity contribution is -0.140. The number of phenolic OH excluding ortho intramolecular Hbond substituents is 1. The second-order valence-electron chi connectivity index (χ2n) is 15.0. The average Bonchev–Trinajstić information content (AvgIpc) is 3.79. The number of nitrogens with zero attached hydrogens (tertiary/aromatic N) is 4. The van der Waals surface area contributed by atoms with E-state index in [4.69, 9.17) is 21.4 Å². The maximum absolute atomic E-state index is 15.1. The van der Waals surface area contributed by atoms with Crippen molar-refractivity contribution in [3.8, 4) is 22.1 Å². The van der Waals surface area contributed by atoms with Crippen LogP contribution in [0.4, 0.5) is 5.82 Å². The van der Waals surface area contributed by atoms with E-state index in [-0.39, 0.29) is 35.8 Å². The van der Waals surface area contributed by atoms with Crippen molar-refractivity contribution in [3.05, 3.63) is 82.1 Å². The van der Waals surface area contributed by atoms with Crippen LogP contribution in [0, 0.1) is 41.9 Å². The lowest BCUT2D eigenvalue weighted by Gasteiger charge is -2.49. The number of aromatic hydroxyl groups is 1. The molecule has 0 spiro atoms. The first kappa shape index (κ1) is 33.1. The third kappa shape index (κ3) is 4.51. The van der Waals surface area contributed by atoms with Crippen LogP contribution < -0.4 is 9.64 Å². The number of phenols is 1. The Balaban J connectivity index is 1.15. The van der Waals surface area contributed by atoms with E-state index in [1.165, 1.54) is 9.80 Å². The Morgan fingerprint density at radius 2 is 1.87 bits per heavy atom. The number of hydrogen-bond acceptors (Lipinski definition) is 8. The van der Waals surface area contributed by atoms with Gasteiger partial charge in [-0.3, -0.25) is 28.8 Å². The van der Waals surface area contributed by atoms with Crippen LogP contribution in [0.15, 0.2) is 65.9 Å². The summed E-state index contributed by atoms with van der Waals surface area (Å²) in [5, 5.41) is 16.8. The van der Waals surface area contributed by atoms with Crippen molar-refractivity contribution in [2.24, 2.45) is 42.1 Å². The summed E-state index contributed by atoms with van der Waals surface area (Å²) in [6.07, 6.45) is 5.43. The molecule has 5 aliphatic rings. The summed E-state index contributed by atoms with van der Waals surface area (Å²) >= 11 is 7.90. The molecule has 4 aromatic rings. The van der Waals surface area contributed by atoms with Crippen molar-refractivity contribution in [2.75, 3.05) is 11.4 Å². The summed E-state index contributed by atoms with van der Waals surface area (Å²) < 4.78 is 8.76. The molecule has 3 fully saturated rings. The number of carbonyl (C=O) groups is 4.